The Kier molecular flexibility index (Phi) is 3.10. The zero-order valence-electron chi connectivity index (χ0n) is 10.8. The molecule has 0 spiro atoms. The van der Waals surface area contributed by atoms with Gasteiger partial charge in [-0.05, 0) is 30.8 Å². The van der Waals surface area contributed by atoms with Gasteiger partial charge < -0.3 is 5.11 Å². The summed E-state index contributed by atoms with van der Waals surface area (Å²) in [5.74, 6) is 0.434. The van der Waals surface area contributed by atoms with Crippen LogP contribution in [0.4, 0.5) is 0 Å². The van der Waals surface area contributed by atoms with Crippen molar-refractivity contribution in [3.63, 3.8) is 0 Å². The Morgan fingerprint density at radius 2 is 1.82 bits per heavy atom. The fourth-order valence-corrected chi connectivity index (χ4v) is 2.66. The van der Waals surface area contributed by atoms with Crippen molar-refractivity contribution >= 4 is 5.76 Å². The number of hydrogen-bond acceptors (Lipinski definition) is 1. The summed E-state index contributed by atoms with van der Waals surface area (Å²) in [5.41, 5.74) is 3.27. The number of benzene rings is 1. The molecule has 1 aliphatic rings. The molecule has 1 N–H and O–H groups in total. The second kappa shape index (κ2) is 4.40. The molecule has 0 aromatic heterocycles. The van der Waals surface area contributed by atoms with E-state index in [9.17, 15) is 5.11 Å². The second-order valence-electron chi connectivity index (χ2n) is 5.40. The molecule has 1 aromatic carbocycles. The zero-order chi connectivity index (χ0) is 12.5. The Morgan fingerprint density at radius 3 is 2.41 bits per heavy atom. The van der Waals surface area contributed by atoms with E-state index in [1.165, 1.54) is 5.57 Å². The summed E-state index contributed by atoms with van der Waals surface area (Å²) in [6.07, 6.45) is 4.42. The average molecular weight is 228 g/mol. The van der Waals surface area contributed by atoms with E-state index in [4.69, 9.17) is 0 Å². The molecule has 17 heavy (non-hydrogen) atoms. The molecule has 1 nitrogen and oxygen atoms in total. The van der Waals surface area contributed by atoms with Crippen molar-refractivity contribution in [2.75, 3.05) is 0 Å². The lowest BCUT2D eigenvalue weighted by Gasteiger charge is -2.33. The standard InChI is InChI=1S/C16H20O/c1-12-8-7-11-16(2,3)14(12)15(17)13-9-5-4-6-10-13/h4-6,8-10,17H,7,11H2,1-3H3/b15-14-. The maximum Gasteiger partial charge on any atom is 0.126 e. The zero-order valence-corrected chi connectivity index (χ0v) is 10.8. The van der Waals surface area contributed by atoms with Gasteiger partial charge in [-0.25, -0.2) is 0 Å². The topological polar surface area (TPSA) is 20.2 Å². The molecule has 1 aromatic rings. The maximum absolute atomic E-state index is 10.5. The lowest BCUT2D eigenvalue weighted by Crippen LogP contribution is -2.20. The first kappa shape index (κ1) is 12.0. The summed E-state index contributed by atoms with van der Waals surface area (Å²) < 4.78 is 0. The SMILES string of the molecule is CC1=CCCC(C)(C)/C1=C(\O)c1ccccc1. The first-order valence-electron chi connectivity index (χ1n) is 6.18. The molecule has 0 aliphatic heterocycles. The molecule has 0 bridgehead atoms. The summed E-state index contributed by atoms with van der Waals surface area (Å²) in [5, 5.41) is 10.5. The fraction of sp³-hybridized carbons (Fsp3) is 0.375. The predicted molar refractivity (Wildman–Crippen MR) is 72.8 cm³/mol. The number of rotatable bonds is 1. The van der Waals surface area contributed by atoms with Gasteiger partial charge in [0.15, 0.2) is 0 Å². The average Bonchev–Trinajstić information content (AvgIpc) is 2.28. The molecular formula is C16H20O. The van der Waals surface area contributed by atoms with Crippen molar-refractivity contribution in [2.24, 2.45) is 5.41 Å². The summed E-state index contributed by atoms with van der Waals surface area (Å²) >= 11 is 0. The Labute approximate surface area is 103 Å². The van der Waals surface area contributed by atoms with Gasteiger partial charge >= 0.3 is 0 Å². The second-order valence-corrected chi connectivity index (χ2v) is 5.40. The molecular weight excluding hydrogens is 208 g/mol. The first-order valence-corrected chi connectivity index (χ1v) is 6.18. The third-order valence-corrected chi connectivity index (χ3v) is 3.58. The summed E-state index contributed by atoms with van der Waals surface area (Å²) in [4.78, 5) is 0. The fourth-order valence-electron chi connectivity index (χ4n) is 2.66. The van der Waals surface area contributed by atoms with E-state index in [0.29, 0.717) is 5.76 Å². The van der Waals surface area contributed by atoms with Crippen LogP contribution in [0.2, 0.25) is 0 Å². The summed E-state index contributed by atoms with van der Waals surface area (Å²) in [7, 11) is 0. The molecule has 1 heteroatoms. The van der Waals surface area contributed by atoms with Crippen molar-refractivity contribution in [1.29, 1.82) is 0 Å². The quantitative estimate of drug-likeness (QED) is 0.689. The molecule has 90 valence electrons. The summed E-state index contributed by atoms with van der Waals surface area (Å²) in [6, 6.07) is 9.80. The predicted octanol–water partition coefficient (Wildman–Crippen LogP) is 4.72. The van der Waals surface area contributed by atoms with Gasteiger partial charge in [0.1, 0.15) is 5.76 Å². The molecule has 2 rings (SSSR count). The van der Waals surface area contributed by atoms with Crippen LogP contribution in [-0.2, 0) is 0 Å². The smallest absolute Gasteiger partial charge is 0.126 e. The number of aliphatic hydroxyl groups excluding tert-OH is 1. The molecule has 0 fully saturated rings. The van der Waals surface area contributed by atoms with Gasteiger partial charge in [-0.1, -0.05) is 50.3 Å². The van der Waals surface area contributed by atoms with Crippen LogP contribution in [0.5, 0.6) is 0 Å². The van der Waals surface area contributed by atoms with Gasteiger partial charge in [0, 0.05) is 11.1 Å². The number of aliphatic hydroxyl groups is 1. The van der Waals surface area contributed by atoms with Crippen molar-refractivity contribution < 1.29 is 5.11 Å². The van der Waals surface area contributed by atoms with E-state index in [1.807, 2.05) is 30.3 Å². The van der Waals surface area contributed by atoms with E-state index in [1.54, 1.807) is 0 Å². The van der Waals surface area contributed by atoms with E-state index < -0.39 is 0 Å². The minimum atomic E-state index is 0.0543. The van der Waals surface area contributed by atoms with Crippen LogP contribution in [-0.4, -0.2) is 5.11 Å². The van der Waals surface area contributed by atoms with Gasteiger partial charge in [-0.15, -0.1) is 0 Å². The van der Waals surface area contributed by atoms with Crippen molar-refractivity contribution in [3.05, 3.63) is 53.1 Å². The molecule has 0 unspecified atom stereocenters. The van der Waals surface area contributed by atoms with Gasteiger partial charge in [0.2, 0.25) is 0 Å². The van der Waals surface area contributed by atoms with Gasteiger partial charge in [0.05, 0.1) is 0 Å². The van der Waals surface area contributed by atoms with E-state index >= 15 is 0 Å². The lowest BCUT2D eigenvalue weighted by atomic mass is 9.72. The van der Waals surface area contributed by atoms with E-state index in [2.05, 4.69) is 26.8 Å². The molecule has 0 heterocycles. The molecule has 0 saturated heterocycles. The lowest BCUT2D eigenvalue weighted by molar-refractivity contribution is 0.387. The van der Waals surface area contributed by atoms with Crippen molar-refractivity contribution in [3.8, 4) is 0 Å². The van der Waals surface area contributed by atoms with Crippen LogP contribution >= 0.6 is 0 Å². The van der Waals surface area contributed by atoms with Crippen LogP contribution < -0.4 is 0 Å². The highest BCUT2D eigenvalue weighted by Gasteiger charge is 2.30. The minimum absolute atomic E-state index is 0.0543. The number of hydrogen-bond donors (Lipinski definition) is 1. The highest BCUT2D eigenvalue weighted by Crippen LogP contribution is 2.43. The van der Waals surface area contributed by atoms with Crippen molar-refractivity contribution in [1.82, 2.24) is 0 Å². The molecule has 0 saturated carbocycles. The summed E-state index contributed by atoms with van der Waals surface area (Å²) in [6.45, 7) is 6.51. The van der Waals surface area contributed by atoms with Gasteiger partial charge in [-0.2, -0.15) is 0 Å². The Morgan fingerprint density at radius 1 is 1.18 bits per heavy atom. The number of allylic oxidation sites excluding steroid dienone is 3. The highest BCUT2D eigenvalue weighted by atomic mass is 16.3. The van der Waals surface area contributed by atoms with Crippen LogP contribution in [0.25, 0.3) is 5.76 Å². The highest BCUT2D eigenvalue weighted by molar-refractivity contribution is 5.68. The first-order chi connectivity index (χ1) is 8.02. The molecule has 0 atom stereocenters. The third-order valence-electron chi connectivity index (χ3n) is 3.58. The largest absolute Gasteiger partial charge is 0.507 e. The van der Waals surface area contributed by atoms with Crippen LogP contribution in [0, 0.1) is 5.41 Å². The van der Waals surface area contributed by atoms with Crippen LogP contribution in [0.3, 0.4) is 0 Å². The van der Waals surface area contributed by atoms with Gasteiger partial charge in [0.25, 0.3) is 0 Å². The minimum Gasteiger partial charge on any atom is -0.507 e. The van der Waals surface area contributed by atoms with E-state index in [-0.39, 0.29) is 5.41 Å². The monoisotopic (exact) mass is 228 g/mol. The Balaban J connectivity index is 2.56. The maximum atomic E-state index is 10.5. The molecule has 1 aliphatic carbocycles. The molecule has 0 amide bonds. The normalized spacial score (nSPS) is 21.9. The Hall–Kier alpha value is -1.50. The third kappa shape index (κ3) is 2.28. The van der Waals surface area contributed by atoms with E-state index in [0.717, 1.165) is 24.0 Å². The van der Waals surface area contributed by atoms with Crippen LogP contribution in [0.15, 0.2) is 47.6 Å². The van der Waals surface area contributed by atoms with Crippen molar-refractivity contribution in [2.45, 2.75) is 33.6 Å². The van der Waals surface area contributed by atoms with Crippen LogP contribution in [0.1, 0.15) is 39.2 Å². The molecule has 0 radical (unpaired) electrons. The Bertz CT molecular complexity index is 464. The van der Waals surface area contributed by atoms with Gasteiger partial charge in [-0.3, -0.25) is 0 Å².